The van der Waals surface area contributed by atoms with E-state index in [9.17, 15) is 21.6 Å². The first-order chi connectivity index (χ1) is 7.15. The molecule has 0 aliphatic carbocycles. The number of hydrogen-bond acceptors (Lipinski definition) is 3. The van der Waals surface area contributed by atoms with Crippen LogP contribution in [0.3, 0.4) is 0 Å². The van der Waals surface area contributed by atoms with Crippen molar-refractivity contribution in [3.63, 3.8) is 0 Å². The van der Waals surface area contributed by atoms with Crippen molar-refractivity contribution in [3.05, 3.63) is 0 Å². The van der Waals surface area contributed by atoms with E-state index in [0.717, 1.165) is 0 Å². The van der Waals surface area contributed by atoms with Crippen LogP contribution >= 0.6 is 0 Å². The van der Waals surface area contributed by atoms with E-state index in [1.165, 1.54) is 0 Å². The van der Waals surface area contributed by atoms with Crippen molar-refractivity contribution < 1.29 is 25.8 Å². The molecular weight excluding hydrogens is 245 g/mol. The van der Waals surface area contributed by atoms with Crippen LogP contribution in [0.1, 0.15) is 40.0 Å². The minimum Gasteiger partial charge on any atom is -0.260 e. The average molecular weight is 262 g/mol. The summed E-state index contributed by atoms with van der Waals surface area (Å²) in [6.07, 6.45) is 0.534. The Morgan fingerprint density at radius 3 is 2.06 bits per heavy atom. The third-order valence-corrected chi connectivity index (χ3v) is 3.45. The van der Waals surface area contributed by atoms with Crippen LogP contribution in [0.25, 0.3) is 0 Å². The summed E-state index contributed by atoms with van der Waals surface area (Å²) in [5, 5.41) is 0. The van der Waals surface area contributed by atoms with E-state index in [1.807, 2.05) is 0 Å². The molecule has 0 aliphatic rings. The first kappa shape index (κ1) is 15.7. The number of hydrogen-bond donors (Lipinski definition) is 0. The molecule has 0 saturated heterocycles. The summed E-state index contributed by atoms with van der Waals surface area (Å²) in [5.41, 5.74) is -5.34. The zero-order valence-corrected chi connectivity index (χ0v) is 10.4. The van der Waals surface area contributed by atoms with Crippen LogP contribution in [0.2, 0.25) is 0 Å². The molecule has 16 heavy (non-hydrogen) atoms. The molecule has 0 aromatic carbocycles. The lowest BCUT2D eigenvalue weighted by Crippen LogP contribution is -2.33. The van der Waals surface area contributed by atoms with Crippen molar-refractivity contribution >= 4 is 10.1 Å². The molecule has 0 radical (unpaired) electrons. The maximum atomic E-state index is 12.1. The third-order valence-electron chi connectivity index (χ3n) is 2.39. The van der Waals surface area contributed by atoms with E-state index in [0.29, 0.717) is 19.3 Å². The standard InChI is InChI=1S/C9H17F3O3S/c1-4-6-8(7(3)5-2)15-16(13,14)9(10,11)12/h7-8H,4-6H2,1-3H3. The summed E-state index contributed by atoms with van der Waals surface area (Å²) in [6, 6.07) is 0. The number of halogens is 3. The largest absolute Gasteiger partial charge is 0.523 e. The molecule has 98 valence electrons. The lowest BCUT2D eigenvalue weighted by Gasteiger charge is -2.22. The fourth-order valence-electron chi connectivity index (χ4n) is 1.19. The molecule has 0 N–H and O–H groups in total. The Morgan fingerprint density at radius 1 is 1.25 bits per heavy atom. The minimum atomic E-state index is -5.47. The number of alkyl halides is 3. The van der Waals surface area contributed by atoms with Gasteiger partial charge in [-0.05, 0) is 12.3 Å². The lowest BCUT2D eigenvalue weighted by atomic mass is 9.98. The molecule has 0 saturated carbocycles. The van der Waals surface area contributed by atoms with Crippen molar-refractivity contribution in [1.29, 1.82) is 0 Å². The van der Waals surface area contributed by atoms with Gasteiger partial charge in [0.1, 0.15) is 0 Å². The summed E-state index contributed by atoms with van der Waals surface area (Å²) in [6.45, 7) is 5.21. The zero-order valence-electron chi connectivity index (χ0n) is 9.54. The summed E-state index contributed by atoms with van der Waals surface area (Å²) in [4.78, 5) is 0. The van der Waals surface area contributed by atoms with Gasteiger partial charge in [-0.15, -0.1) is 0 Å². The number of rotatable bonds is 6. The second kappa shape index (κ2) is 5.86. The maximum Gasteiger partial charge on any atom is 0.523 e. The van der Waals surface area contributed by atoms with Crippen molar-refractivity contribution in [2.24, 2.45) is 5.92 Å². The van der Waals surface area contributed by atoms with E-state index in [-0.39, 0.29) is 5.92 Å². The van der Waals surface area contributed by atoms with Crippen molar-refractivity contribution in [3.8, 4) is 0 Å². The fraction of sp³-hybridized carbons (Fsp3) is 1.00. The predicted octanol–water partition coefficient (Wildman–Crippen LogP) is 3.07. The van der Waals surface area contributed by atoms with Crippen molar-refractivity contribution in [1.82, 2.24) is 0 Å². The summed E-state index contributed by atoms with van der Waals surface area (Å²) >= 11 is 0. The molecule has 0 aromatic rings. The van der Waals surface area contributed by atoms with Gasteiger partial charge in [-0.1, -0.05) is 33.6 Å². The SMILES string of the molecule is CCCC(OS(=O)(=O)C(F)(F)F)C(C)CC. The van der Waals surface area contributed by atoms with Gasteiger partial charge in [0.2, 0.25) is 0 Å². The van der Waals surface area contributed by atoms with Gasteiger partial charge in [0, 0.05) is 0 Å². The highest BCUT2D eigenvalue weighted by Crippen LogP contribution is 2.29. The Labute approximate surface area is 94.1 Å². The Balaban J connectivity index is 4.76. The highest BCUT2D eigenvalue weighted by molar-refractivity contribution is 7.87. The van der Waals surface area contributed by atoms with Gasteiger partial charge in [-0.2, -0.15) is 21.6 Å². The predicted molar refractivity (Wildman–Crippen MR) is 54.2 cm³/mol. The molecule has 0 rings (SSSR count). The van der Waals surface area contributed by atoms with Gasteiger partial charge >= 0.3 is 15.6 Å². The third kappa shape index (κ3) is 4.29. The summed E-state index contributed by atoms with van der Waals surface area (Å²) in [7, 11) is -5.47. The molecular formula is C9H17F3O3S. The van der Waals surface area contributed by atoms with Gasteiger partial charge in [0.05, 0.1) is 6.10 Å². The molecule has 3 nitrogen and oxygen atoms in total. The maximum absolute atomic E-state index is 12.1. The molecule has 0 fully saturated rings. The first-order valence-corrected chi connectivity index (χ1v) is 6.56. The fourth-order valence-corrected chi connectivity index (χ4v) is 1.91. The molecule has 2 unspecified atom stereocenters. The van der Waals surface area contributed by atoms with Crippen LogP contribution in [0.15, 0.2) is 0 Å². The molecule has 0 amide bonds. The first-order valence-electron chi connectivity index (χ1n) is 5.15. The Kier molecular flexibility index (Phi) is 5.75. The second-order valence-electron chi connectivity index (χ2n) is 3.71. The average Bonchev–Trinajstić information content (AvgIpc) is 2.14. The van der Waals surface area contributed by atoms with Gasteiger partial charge in [0.25, 0.3) is 0 Å². The van der Waals surface area contributed by atoms with Crippen molar-refractivity contribution in [2.45, 2.75) is 51.6 Å². The Morgan fingerprint density at radius 2 is 1.75 bits per heavy atom. The molecule has 0 aromatic heterocycles. The van der Waals surface area contributed by atoms with Gasteiger partial charge in [-0.3, -0.25) is 4.18 Å². The molecule has 0 aliphatic heterocycles. The van der Waals surface area contributed by atoms with E-state index >= 15 is 0 Å². The lowest BCUT2D eigenvalue weighted by molar-refractivity contribution is -0.0596. The van der Waals surface area contributed by atoms with Gasteiger partial charge in [-0.25, -0.2) is 0 Å². The molecule has 2 atom stereocenters. The molecule has 0 heterocycles. The summed E-state index contributed by atoms with van der Waals surface area (Å²) in [5.74, 6) is -0.225. The van der Waals surface area contributed by atoms with Crippen molar-refractivity contribution in [2.75, 3.05) is 0 Å². The highest BCUT2D eigenvalue weighted by atomic mass is 32.2. The van der Waals surface area contributed by atoms with E-state index in [4.69, 9.17) is 0 Å². The normalized spacial score (nSPS) is 17.1. The zero-order chi connectivity index (χ0) is 13.0. The Hall–Kier alpha value is -0.300. The summed E-state index contributed by atoms with van der Waals surface area (Å²) < 4.78 is 62.1. The van der Waals surface area contributed by atoms with E-state index < -0.39 is 21.7 Å². The smallest absolute Gasteiger partial charge is 0.260 e. The minimum absolute atomic E-state index is 0.225. The highest BCUT2D eigenvalue weighted by Gasteiger charge is 2.48. The van der Waals surface area contributed by atoms with E-state index in [1.54, 1.807) is 20.8 Å². The topological polar surface area (TPSA) is 43.4 Å². The quantitative estimate of drug-likeness (QED) is 0.546. The van der Waals surface area contributed by atoms with Crippen LogP contribution in [-0.4, -0.2) is 20.0 Å². The van der Waals surface area contributed by atoms with Crippen LogP contribution in [0.4, 0.5) is 13.2 Å². The van der Waals surface area contributed by atoms with Crippen LogP contribution < -0.4 is 0 Å². The van der Waals surface area contributed by atoms with Crippen LogP contribution in [0.5, 0.6) is 0 Å². The monoisotopic (exact) mass is 262 g/mol. The van der Waals surface area contributed by atoms with Crippen LogP contribution in [-0.2, 0) is 14.3 Å². The van der Waals surface area contributed by atoms with Crippen LogP contribution in [0, 0.1) is 5.92 Å². The van der Waals surface area contributed by atoms with Gasteiger partial charge in [0.15, 0.2) is 0 Å². The van der Waals surface area contributed by atoms with E-state index in [2.05, 4.69) is 4.18 Å². The Bertz CT molecular complexity index is 298. The molecule has 7 heteroatoms. The second-order valence-corrected chi connectivity index (χ2v) is 5.27. The molecule has 0 spiro atoms. The molecule has 0 bridgehead atoms. The van der Waals surface area contributed by atoms with Gasteiger partial charge < -0.3 is 0 Å².